The molecule has 0 aromatic carbocycles. The molecule has 0 saturated carbocycles. The molecule has 0 aliphatic heterocycles. The number of rotatable bonds is 5. The third kappa shape index (κ3) is 4.67. The van der Waals surface area contributed by atoms with Crippen molar-refractivity contribution in [3.05, 3.63) is 18.7 Å². The molecule has 0 bridgehead atoms. The molecule has 5 nitrogen and oxygen atoms in total. The molecule has 108 valence electrons. The predicted octanol–water partition coefficient (Wildman–Crippen LogP) is 0.880. The molecule has 0 spiro atoms. The van der Waals surface area contributed by atoms with Gasteiger partial charge in [-0.3, -0.25) is 4.79 Å². The SMILES string of the molecule is CC(C)n1cc[n+](CC(=O)N[C@H](CO)C(C)(C)C)c1. The lowest BCUT2D eigenvalue weighted by Crippen LogP contribution is -2.50. The summed E-state index contributed by atoms with van der Waals surface area (Å²) in [7, 11) is 0. The smallest absolute Gasteiger partial charge is 0.262 e. The summed E-state index contributed by atoms with van der Waals surface area (Å²) in [6, 6.07) is 0.150. The van der Waals surface area contributed by atoms with E-state index in [1.165, 1.54) is 0 Å². The van der Waals surface area contributed by atoms with E-state index >= 15 is 0 Å². The maximum atomic E-state index is 12.0. The lowest BCUT2D eigenvalue weighted by molar-refractivity contribution is -0.684. The molecule has 1 rings (SSSR count). The predicted molar refractivity (Wildman–Crippen MR) is 73.5 cm³/mol. The summed E-state index contributed by atoms with van der Waals surface area (Å²) in [4.78, 5) is 12.0. The third-order valence-electron chi connectivity index (χ3n) is 3.20. The first-order valence-corrected chi connectivity index (χ1v) is 6.70. The van der Waals surface area contributed by atoms with Gasteiger partial charge < -0.3 is 10.4 Å². The van der Waals surface area contributed by atoms with Crippen LogP contribution >= 0.6 is 0 Å². The second-order valence-corrected chi connectivity index (χ2v) is 6.30. The van der Waals surface area contributed by atoms with Crippen LogP contribution in [0.2, 0.25) is 0 Å². The van der Waals surface area contributed by atoms with Crippen LogP contribution in [0.5, 0.6) is 0 Å². The molecule has 1 aromatic heterocycles. The standard InChI is InChI=1S/C14H25N3O2/c1-11(2)17-7-6-16(10-17)8-13(19)15-12(9-18)14(3,4)5/h6-7,10-12,18H,8-9H2,1-5H3/p+1/t12-/m1/s1. The number of nitrogens with one attached hydrogen (secondary N) is 1. The second kappa shape index (κ2) is 6.19. The third-order valence-corrected chi connectivity index (χ3v) is 3.20. The minimum Gasteiger partial charge on any atom is -0.394 e. The average Bonchev–Trinajstić information content (AvgIpc) is 2.72. The minimum absolute atomic E-state index is 0.0487. The Hall–Kier alpha value is -1.36. The van der Waals surface area contributed by atoms with Gasteiger partial charge in [0.05, 0.1) is 18.7 Å². The lowest BCUT2D eigenvalue weighted by Gasteiger charge is -2.29. The highest BCUT2D eigenvalue weighted by atomic mass is 16.3. The van der Waals surface area contributed by atoms with E-state index in [2.05, 4.69) is 19.2 Å². The van der Waals surface area contributed by atoms with Crippen LogP contribution in [-0.2, 0) is 11.3 Å². The normalized spacial score (nSPS) is 13.6. The number of hydrogen-bond donors (Lipinski definition) is 2. The van der Waals surface area contributed by atoms with Crippen molar-refractivity contribution >= 4 is 5.91 Å². The van der Waals surface area contributed by atoms with Gasteiger partial charge in [0.25, 0.3) is 5.91 Å². The van der Waals surface area contributed by atoms with E-state index in [1.54, 1.807) is 0 Å². The summed E-state index contributed by atoms with van der Waals surface area (Å²) < 4.78 is 3.88. The Labute approximate surface area is 115 Å². The van der Waals surface area contributed by atoms with Gasteiger partial charge in [-0.2, -0.15) is 0 Å². The van der Waals surface area contributed by atoms with Crippen LogP contribution in [0.3, 0.4) is 0 Å². The molecule has 1 atom stereocenters. The van der Waals surface area contributed by atoms with Gasteiger partial charge in [-0.15, -0.1) is 0 Å². The number of imidazole rings is 1. The van der Waals surface area contributed by atoms with Crippen LogP contribution in [0.1, 0.15) is 40.7 Å². The van der Waals surface area contributed by atoms with Crippen LogP contribution in [0, 0.1) is 5.41 Å². The van der Waals surface area contributed by atoms with Crippen molar-refractivity contribution in [1.82, 2.24) is 9.88 Å². The summed E-state index contributed by atoms with van der Waals surface area (Å²) in [6.07, 6.45) is 5.74. The molecule has 0 fully saturated rings. The molecule has 0 aliphatic rings. The molecule has 19 heavy (non-hydrogen) atoms. The highest BCUT2D eigenvalue weighted by molar-refractivity contribution is 5.74. The van der Waals surface area contributed by atoms with Crippen LogP contribution < -0.4 is 9.88 Å². The number of nitrogens with zero attached hydrogens (tertiary/aromatic N) is 2. The Morgan fingerprint density at radius 2 is 2.05 bits per heavy atom. The first-order chi connectivity index (χ1) is 8.74. The number of carbonyl (C=O) groups excluding carboxylic acids is 1. The lowest BCUT2D eigenvalue weighted by atomic mass is 9.87. The van der Waals surface area contributed by atoms with Crippen molar-refractivity contribution in [2.24, 2.45) is 5.41 Å². The molecular formula is C14H26N3O2+. The van der Waals surface area contributed by atoms with E-state index in [0.717, 1.165) is 0 Å². The van der Waals surface area contributed by atoms with E-state index in [1.807, 2.05) is 48.6 Å². The van der Waals surface area contributed by atoms with Crippen LogP contribution in [0.25, 0.3) is 0 Å². The quantitative estimate of drug-likeness (QED) is 0.779. The number of aromatic nitrogens is 2. The molecule has 0 saturated heterocycles. The molecular weight excluding hydrogens is 242 g/mol. The molecule has 5 heteroatoms. The number of hydrogen-bond acceptors (Lipinski definition) is 2. The number of carbonyl (C=O) groups is 1. The van der Waals surface area contributed by atoms with Gasteiger partial charge >= 0.3 is 0 Å². The molecule has 0 radical (unpaired) electrons. The van der Waals surface area contributed by atoms with Crippen LogP contribution in [-0.4, -0.2) is 28.2 Å². The van der Waals surface area contributed by atoms with E-state index in [9.17, 15) is 9.90 Å². The van der Waals surface area contributed by atoms with Gasteiger partial charge in [-0.25, -0.2) is 9.13 Å². The summed E-state index contributed by atoms with van der Waals surface area (Å²) in [5.74, 6) is -0.0829. The van der Waals surface area contributed by atoms with Crippen molar-refractivity contribution < 1.29 is 14.5 Å². The van der Waals surface area contributed by atoms with Crippen molar-refractivity contribution in [3.63, 3.8) is 0 Å². The zero-order chi connectivity index (χ0) is 14.6. The topological polar surface area (TPSA) is 58.1 Å². The van der Waals surface area contributed by atoms with E-state index in [4.69, 9.17) is 0 Å². The first-order valence-electron chi connectivity index (χ1n) is 6.70. The monoisotopic (exact) mass is 268 g/mol. The van der Waals surface area contributed by atoms with E-state index in [-0.39, 0.29) is 30.5 Å². The molecule has 1 aromatic rings. The van der Waals surface area contributed by atoms with Crippen molar-refractivity contribution in [3.8, 4) is 0 Å². The zero-order valence-electron chi connectivity index (χ0n) is 12.6. The van der Waals surface area contributed by atoms with E-state index in [0.29, 0.717) is 6.04 Å². The van der Waals surface area contributed by atoms with Crippen LogP contribution in [0.4, 0.5) is 0 Å². The highest BCUT2D eigenvalue weighted by Gasteiger charge is 2.26. The maximum absolute atomic E-state index is 12.0. The fourth-order valence-electron chi connectivity index (χ4n) is 1.75. The molecule has 0 unspecified atom stereocenters. The maximum Gasteiger partial charge on any atom is 0.262 e. The van der Waals surface area contributed by atoms with Gasteiger partial charge in [-0.05, 0) is 19.3 Å². The summed E-state index contributed by atoms with van der Waals surface area (Å²) >= 11 is 0. The minimum atomic E-state index is -0.229. The molecule has 1 amide bonds. The second-order valence-electron chi connectivity index (χ2n) is 6.30. The Bertz CT molecular complexity index is 419. The summed E-state index contributed by atoms with van der Waals surface area (Å²) in [5, 5.41) is 12.2. The molecule has 1 heterocycles. The Kier molecular flexibility index (Phi) is 5.11. The first kappa shape index (κ1) is 15.7. The molecule has 2 N–H and O–H groups in total. The fraction of sp³-hybridized carbons (Fsp3) is 0.714. The average molecular weight is 268 g/mol. The Morgan fingerprint density at radius 3 is 2.47 bits per heavy atom. The van der Waals surface area contributed by atoms with Gasteiger partial charge in [-0.1, -0.05) is 20.8 Å². The highest BCUT2D eigenvalue weighted by Crippen LogP contribution is 2.18. The van der Waals surface area contributed by atoms with Gasteiger partial charge in [0, 0.05) is 0 Å². The van der Waals surface area contributed by atoms with Crippen LogP contribution in [0.15, 0.2) is 18.7 Å². The number of amides is 1. The van der Waals surface area contributed by atoms with Gasteiger partial charge in [0.2, 0.25) is 6.33 Å². The van der Waals surface area contributed by atoms with Crippen molar-refractivity contribution in [2.45, 2.75) is 53.2 Å². The number of aliphatic hydroxyl groups excluding tert-OH is 1. The fourth-order valence-corrected chi connectivity index (χ4v) is 1.75. The number of aliphatic hydroxyl groups is 1. The molecule has 0 aliphatic carbocycles. The van der Waals surface area contributed by atoms with Gasteiger partial charge in [0.15, 0.2) is 6.54 Å². The largest absolute Gasteiger partial charge is 0.394 e. The van der Waals surface area contributed by atoms with Gasteiger partial charge in [0.1, 0.15) is 12.4 Å². The van der Waals surface area contributed by atoms with Crippen molar-refractivity contribution in [1.29, 1.82) is 0 Å². The Balaban J connectivity index is 2.59. The zero-order valence-corrected chi connectivity index (χ0v) is 12.6. The van der Waals surface area contributed by atoms with Crippen molar-refractivity contribution in [2.75, 3.05) is 6.61 Å². The summed E-state index contributed by atoms with van der Waals surface area (Å²) in [5.41, 5.74) is -0.154. The Morgan fingerprint density at radius 1 is 1.42 bits per heavy atom. The summed E-state index contributed by atoms with van der Waals surface area (Å²) in [6.45, 7) is 10.4. The van der Waals surface area contributed by atoms with E-state index < -0.39 is 0 Å².